The molecule has 0 heterocycles. The summed E-state index contributed by atoms with van der Waals surface area (Å²) in [5, 5.41) is 10.7. The van der Waals surface area contributed by atoms with Crippen molar-refractivity contribution >= 4 is 39.5 Å². The fourth-order valence-electron chi connectivity index (χ4n) is 12.8. The first-order valence-electron chi connectivity index (χ1n) is 42.9. The molecule has 0 aliphatic heterocycles. The van der Waals surface area contributed by atoms with Crippen LogP contribution in [0.25, 0.3) is 0 Å². The van der Waals surface area contributed by atoms with Gasteiger partial charge >= 0.3 is 39.5 Å². The van der Waals surface area contributed by atoms with E-state index in [0.717, 1.165) is 114 Å². The second-order valence-corrected chi connectivity index (χ2v) is 34.0. The second kappa shape index (κ2) is 73.2. The molecule has 0 aromatic heterocycles. The van der Waals surface area contributed by atoms with Gasteiger partial charge in [-0.05, 0) is 43.4 Å². The molecule has 0 aliphatic carbocycles. The summed E-state index contributed by atoms with van der Waals surface area (Å²) in [6.45, 7) is 12.0. The number of rotatable bonds is 81. The number of esters is 4. The highest BCUT2D eigenvalue weighted by molar-refractivity contribution is 7.47. The van der Waals surface area contributed by atoms with Gasteiger partial charge in [-0.1, -0.05) is 382 Å². The zero-order chi connectivity index (χ0) is 75.1. The standard InChI is InChI=1S/C83H162O17P2/c1-8-10-11-12-13-14-15-16-17-23-26-32-37-42-50-57-64-80(85)93-70-78(99-82(87)66-59-52-43-38-33-27-24-21-19-18-20-22-25-30-35-40-47-54-61-74(3)4)72-97-101(89,90)95-68-77(84)69-96-102(91,92)98-73-79(71-94-81(86)65-58-51-46-45-49-56-63-76(7)9-2)100-83(88)67-60-53-44-39-34-29-28-31-36-41-48-55-62-75(5)6/h74-79,84H,8-73H2,1-7H3,(H,89,90)(H,91,92)/t76?,77-,78-,79-/m1/s1. The number of ether oxygens (including phenoxy) is 4. The molecule has 17 nitrogen and oxygen atoms in total. The number of phosphoric ester groups is 2. The third-order valence-corrected chi connectivity index (χ3v) is 21.6. The largest absolute Gasteiger partial charge is 0.472 e. The lowest BCUT2D eigenvalue weighted by Crippen LogP contribution is -2.30. The summed E-state index contributed by atoms with van der Waals surface area (Å²) in [6, 6.07) is 0. The van der Waals surface area contributed by atoms with Crippen molar-refractivity contribution in [3.63, 3.8) is 0 Å². The average Bonchev–Trinajstić information content (AvgIpc) is 0.929. The fourth-order valence-corrected chi connectivity index (χ4v) is 14.4. The van der Waals surface area contributed by atoms with E-state index in [-0.39, 0.29) is 25.7 Å². The molecular formula is C83H162O17P2. The number of hydrogen-bond acceptors (Lipinski definition) is 15. The maximum absolute atomic E-state index is 13.1. The minimum absolute atomic E-state index is 0.106. The Morgan fingerprint density at radius 2 is 0.500 bits per heavy atom. The molecule has 0 aromatic rings. The summed E-state index contributed by atoms with van der Waals surface area (Å²) in [7, 11) is -9.92. The van der Waals surface area contributed by atoms with Gasteiger partial charge in [0.05, 0.1) is 26.4 Å². The van der Waals surface area contributed by atoms with E-state index in [9.17, 15) is 43.2 Å². The number of hydrogen-bond donors (Lipinski definition) is 3. The molecule has 0 saturated heterocycles. The van der Waals surface area contributed by atoms with Gasteiger partial charge in [0.15, 0.2) is 12.2 Å². The molecule has 0 saturated carbocycles. The third-order valence-electron chi connectivity index (χ3n) is 19.7. The van der Waals surface area contributed by atoms with Gasteiger partial charge < -0.3 is 33.8 Å². The van der Waals surface area contributed by atoms with Crippen LogP contribution in [0.4, 0.5) is 0 Å². The molecule has 0 amide bonds. The highest BCUT2D eigenvalue weighted by Gasteiger charge is 2.30. The fraction of sp³-hybridized carbons (Fsp3) is 0.952. The van der Waals surface area contributed by atoms with Gasteiger partial charge in [0, 0.05) is 25.7 Å². The third kappa shape index (κ3) is 74.9. The van der Waals surface area contributed by atoms with Crippen molar-refractivity contribution in [2.75, 3.05) is 39.6 Å². The minimum atomic E-state index is -4.96. The molecule has 102 heavy (non-hydrogen) atoms. The van der Waals surface area contributed by atoms with E-state index in [1.807, 2.05) is 0 Å². The van der Waals surface area contributed by atoms with Crippen LogP contribution in [0.3, 0.4) is 0 Å². The topological polar surface area (TPSA) is 237 Å². The van der Waals surface area contributed by atoms with Crippen LogP contribution < -0.4 is 0 Å². The van der Waals surface area contributed by atoms with Crippen molar-refractivity contribution in [3.8, 4) is 0 Å². The summed E-state index contributed by atoms with van der Waals surface area (Å²) >= 11 is 0. The average molecular weight is 1490 g/mol. The van der Waals surface area contributed by atoms with Crippen LogP contribution in [0.2, 0.25) is 0 Å². The number of carbonyl (C=O) groups is 4. The molecule has 606 valence electrons. The van der Waals surface area contributed by atoms with E-state index in [0.29, 0.717) is 25.7 Å². The van der Waals surface area contributed by atoms with Crippen LogP contribution in [0, 0.1) is 17.8 Å². The SMILES string of the molecule is CCCCCCCCCCCCCCCCCCC(=O)OC[C@H](COP(=O)(O)OC[C@@H](O)COP(=O)(O)OC[C@@H](COC(=O)CCCCCCCCC(C)CC)OC(=O)CCCCCCCCCCCCCCC(C)C)OC(=O)CCCCCCCCCCCCCCCCCCCCC(C)C. The Kier molecular flexibility index (Phi) is 71.8. The van der Waals surface area contributed by atoms with E-state index in [4.69, 9.17) is 37.0 Å². The molecule has 0 aliphatic rings. The maximum Gasteiger partial charge on any atom is 0.472 e. The molecular weight excluding hydrogens is 1330 g/mol. The first-order chi connectivity index (χ1) is 49.3. The van der Waals surface area contributed by atoms with Gasteiger partial charge in [-0.25, -0.2) is 9.13 Å². The lowest BCUT2D eigenvalue weighted by atomic mass is 10.00. The predicted octanol–water partition coefficient (Wildman–Crippen LogP) is 24.9. The van der Waals surface area contributed by atoms with Crippen molar-refractivity contribution in [1.29, 1.82) is 0 Å². The van der Waals surface area contributed by atoms with Crippen LogP contribution >= 0.6 is 15.6 Å². The Hall–Kier alpha value is -1.94. The smallest absolute Gasteiger partial charge is 0.462 e. The number of aliphatic hydroxyl groups excluding tert-OH is 1. The van der Waals surface area contributed by atoms with E-state index in [1.165, 1.54) is 238 Å². The molecule has 0 rings (SSSR count). The lowest BCUT2D eigenvalue weighted by Gasteiger charge is -2.21. The van der Waals surface area contributed by atoms with Gasteiger partial charge in [-0.3, -0.25) is 37.3 Å². The molecule has 19 heteroatoms. The first kappa shape index (κ1) is 100. The lowest BCUT2D eigenvalue weighted by molar-refractivity contribution is -0.161. The van der Waals surface area contributed by atoms with E-state index in [2.05, 4.69) is 48.5 Å². The number of unbranched alkanes of at least 4 members (excludes halogenated alkanes) is 48. The Morgan fingerprint density at radius 1 is 0.284 bits per heavy atom. The Labute approximate surface area is 626 Å². The van der Waals surface area contributed by atoms with Crippen LogP contribution in [-0.4, -0.2) is 96.7 Å². The molecule has 3 N–H and O–H groups in total. The minimum Gasteiger partial charge on any atom is -0.462 e. The summed E-state index contributed by atoms with van der Waals surface area (Å²) in [5.41, 5.74) is 0. The van der Waals surface area contributed by atoms with Gasteiger partial charge in [0.25, 0.3) is 0 Å². The predicted molar refractivity (Wildman–Crippen MR) is 418 cm³/mol. The van der Waals surface area contributed by atoms with Crippen LogP contribution in [0.5, 0.6) is 0 Å². The second-order valence-electron chi connectivity index (χ2n) is 31.1. The first-order valence-corrected chi connectivity index (χ1v) is 45.9. The summed E-state index contributed by atoms with van der Waals surface area (Å²) < 4.78 is 68.8. The van der Waals surface area contributed by atoms with Crippen molar-refractivity contribution in [2.24, 2.45) is 17.8 Å². The van der Waals surface area contributed by atoms with Gasteiger partial charge in [-0.15, -0.1) is 0 Å². The van der Waals surface area contributed by atoms with Gasteiger partial charge in [-0.2, -0.15) is 0 Å². The number of phosphoric acid groups is 2. The van der Waals surface area contributed by atoms with E-state index < -0.39 is 97.5 Å². The molecule has 3 unspecified atom stereocenters. The Morgan fingerprint density at radius 3 is 0.745 bits per heavy atom. The molecule has 6 atom stereocenters. The highest BCUT2D eigenvalue weighted by atomic mass is 31.2. The van der Waals surface area contributed by atoms with Gasteiger partial charge in [0.2, 0.25) is 0 Å². The van der Waals surface area contributed by atoms with Crippen LogP contribution in [0.1, 0.15) is 434 Å². The summed E-state index contributed by atoms with van der Waals surface area (Å²) in [5.74, 6) is 0.219. The molecule has 0 radical (unpaired) electrons. The van der Waals surface area contributed by atoms with Crippen molar-refractivity contribution in [3.05, 3.63) is 0 Å². The zero-order valence-corrected chi connectivity index (χ0v) is 68.9. The zero-order valence-electron chi connectivity index (χ0n) is 67.1. The van der Waals surface area contributed by atoms with E-state index in [1.54, 1.807) is 0 Å². The number of aliphatic hydroxyl groups is 1. The summed E-state index contributed by atoms with van der Waals surface area (Å²) in [6.07, 6.45) is 62.5. The highest BCUT2D eigenvalue weighted by Crippen LogP contribution is 2.45. The van der Waals surface area contributed by atoms with Gasteiger partial charge in [0.1, 0.15) is 19.3 Å². The maximum atomic E-state index is 13.1. The Bertz CT molecular complexity index is 1980. The molecule has 0 fully saturated rings. The normalized spacial score (nSPS) is 14.2. The van der Waals surface area contributed by atoms with Crippen LogP contribution in [0.15, 0.2) is 0 Å². The molecule has 0 bridgehead atoms. The van der Waals surface area contributed by atoms with Crippen molar-refractivity contribution in [1.82, 2.24) is 0 Å². The van der Waals surface area contributed by atoms with Crippen molar-refractivity contribution < 1.29 is 80.2 Å². The quantitative estimate of drug-likeness (QED) is 0.0222. The van der Waals surface area contributed by atoms with Crippen molar-refractivity contribution in [2.45, 2.75) is 452 Å². The monoisotopic (exact) mass is 1490 g/mol. The van der Waals surface area contributed by atoms with E-state index >= 15 is 0 Å². The number of carbonyl (C=O) groups excluding carboxylic acids is 4. The molecule has 0 aromatic carbocycles. The van der Waals surface area contributed by atoms with Crippen LogP contribution in [-0.2, 0) is 65.4 Å². The summed E-state index contributed by atoms with van der Waals surface area (Å²) in [4.78, 5) is 73.1. The molecule has 0 spiro atoms. The Balaban J connectivity index is 5.23.